The normalized spacial score (nSPS) is 32.6. The minimum Gasteiger partial charge on any atom is -0.478 e. The molecule has 4 atom stereocenters. The molecule has 1 N–H and O–H groups in total. The van der Waals surface area contributed by atoms with E-state index in [4.69, 9.17) is 9.84 Å². The van der Waals surface area contributed by atoms with Crippen molar-refractivity contribution in [2.24, 2.45) is 17.8 Å². The Bertz CT molecular complexity index is 383. The molecule has 2 aliphatic carbocycles. The molecule has 4 unspecified atom stereocenters. The van der Waals surface area contributed by atoms with E-state index in [1.165, 1.54) is 25.7 Å². The van der Waals surface area contributed by atoms with E-state index in [1.54, 1.807) is 13.0 Å². The molecule has 3 nitrogen and oxygen atoms in total. The third kappa shape index (κ3) is 3.19. The fourth-order valence-corrected chi connectivity index (χ4v) is 4.12. The first-order chi connectivity index (χ1) is 8.79. The van der Waals surface area contributed by atoms with Crippen molar-refractivity contribution >= 4 is 5.97 Å². The van der Waals surface area contributed by atoms with Crippen molar-refractivity contribution in [3.05, 3.63) is 11.6 Å². The van der Waals surface area contributed by atoms with Crippen LogP contribution in [0.15, 0.2) is 11.6 Å². The highest BCUT2D eigenvalue weighted by molar-refractivity contribution is 5.85. The summed E-state index contributed by atoms with van der Waals surface area (Å²) < 4.78 is 6.16. The lowest BCUT2D eigenvalue weighted by Gasteiger charge is -2.38. The maximum absolute atomic E-state index is 10.8. The first-order valence-corrected chi connectivity index (χ1v) is 7.39. The Balaban J connectivity index is 1.97. The summed E-state index contributed by atoms with van der Waals surface area (Å²) >= 11 is 0. The van der Waals surface area contributed by atoms with Gasteiger partial charge in [0.05, 0.1) is 11.7 Å². The van der Waals surface area contributed by atoms with Gasteiger partial charge in [-0.25, -0.2) is 4.79 Å². The Morgan fingerprint density at radius 3 is 2.53 bits per heavy atom. The SMILES string of the molecule is CC(=CC(C)OC(C)(C)C1CC2CCC1C2)C(=O)O. The number of aliphatic carboxylic acids is 1. The van der Waals surface area contributed by atoms with Crippen LogP contribution in [0.1, 0.15) is 53.4 Å². The van der Waals surface area contributed by atoms with Crippen molar-refractivity contribution in [3.63, 3.8) is 0 Å². The molecule has 0 aromatic carbocycles. The molecule has 3 heteroatoms. The Morgan fingerprint density at radius 2 is 2.05 bits per heavy atom. The van der Waals surface area contributed by atoms with E-state index < -0.39 is 5.97 Å². The second-order valence-corrected chi connectivity index (χ2v) is 6.86. The molecular weight excluding hydrogens is 240 g/mol. The van der Waals surface area contributed by atoms with Crippen LogP contribution >= 0.6 is 0 Å². The van der Waals surface area contributed by atoms with Gasteiger partial charge >= 0.3 is 5.97 Å². The smallest absolute Gasteiger partial charge is 0.331 e. The number of ether oxygens (including phenoxy) is 1. The van der Waals surface area contributed by atoms with Crippen LogP contribution in [0, 0.1) is 17.8 Å². The van der Waals surface area contributed by atoms with Crippen molar-refractivity contribution in [2.75, 3.05) is 0 Å². The van der Waals surface area contributed by atoms with Crippen molar-refractivity contribution in [1.82, 2.24) is 0 Å². The van der Waals surface area contributed by atoms with E-state index in [9.17, 15) is 4.79 Å². The predicted octanol–water partition coefficient (Wildman–Crippen LogP) is 3.64. The first kappa shape index (κ1) is 14.6. The summed E-state index contributed by atoms with van der Waals surface area (Å²) in [6.07, 6.45) is 6.95. The van der Waals surface area contributed by atoms with E-state index in [2.05, 4.69) is 13.8 Å². The maximum atomic E-state index is 10.8. The van der Waals surface area contributed by atoms with Crippen LogP contribution in [0.5, 0.6) is 0 Å². The van der Waals surface area contributed by atoms with Gasteiger partial charge in [-0.15, -0.1) is 0 Å². The molecule has 0 radical (unpaired) electrons. The highest BCUT2D eigenvalue weighted by Crippen LogP contribution is 2.53. The summed E-state index contributed by atoms with van der Waals surface area (Å²) in [5, 5.41) is 8.90. The van der Waals surface area contributed by atoms with Gasteiger partial charge in [-0.2, -0.15) is 0 Å². The molecule has 2 rings (SSSR count). The zero-order valence-corrected chi connectivity index (χ0v) is 12.5. The van der Waals surface area contributed by atoms with Crippen molar-refractivity contribution in [3.8, 4) is 0 Å². The molecule has 0 amide bonds. The zero-order valence-electron chi connectivity index (χ0n) is 12.5. The van der Waals surface area contributed by atoms with Crippen LogP contribution in [-0.2, 0) is 9.53 Å². The first-order valence-electron chi connectivity index (χ1n) is 7.39. The molecule has 0 saturated heterocycles. The highest BCUT2D eigenvalue weighted by atomic mass is 16.5. The third-order valence-electron chi connectivity index (χ3n) is 4.94. The fourth-order valence-electron chi connectivity index (χ4n) is 4.12. The Morgan fingerprint density at radius 1 is 1.37 bits per heavy atom. The molecule has 0 aromatic heterocycles. The quantitative estimate of drug-likeness (QED) is 0.773. The molecule has 0 heterocycles. The molecular formula is C16H26O3. The molecule has 0 spiro atoms. The Labute approximate surface area is 116 Å². The number of carboxylic acids is 1. The van der Waals surface area contributed by atoms with Gasteiger partial charge in [-0.1, -0.05) is 6.42 Å². The molecule has 108 valence electrons. The number of hydrogen-bond acceptors (Lipinski definition) is 2. The second kappa shape index (κ2) is 5.28. The molecule has 2 aliphatic rings. The lowest BCUT2D eigenvalue weighted by molar-refractivity contribution is -0.133. The van der Waals surface area contributed by atoms with Gasteiger partial charge in [-0.05, 0) is 70.8 Å². The molecule has 2 bridgehead atoms. The second-order valence-electron chi connectivity index (χ2n) is 6.86. The topological polar surface area (TPSA) is 46.5 Å². The standard InChI is InChI=1S/C16H26O3/c1-10(15(17)18)7-11(2)19-16(3,4)14-9-12-5-6-13(14)8-12/h7,11-14H,5-6,8-9H2,1-4H3,(H,17,18). The molecule has 0 aromatic rings. The van der Waals surface area contributed by atoms with Gasteiger partial charge < -0.3 is 9.84 Å². The zero-order chi connectivity index (χ0) is 14.2. The summed E-state index contributed by atoms with van der Waals surface area (Å²) in [5.41, 5.74) is 0.199. The van der Waals surface area contributed by atoms with E-state index in [1.807, 2.05) is 6.92 Å². The number of fused-ring (bicyclic) bond motifs is 2. The van der Waals surface area contributed by atoms with Crippen LogP contribution < -0.4 is 0 Å². The Hall–Kier alpha value is -0.830. The Kier molecular flexibility index (Phi) is 4.05. The van der Waals surface area contributed by atoms with Gasteiger partial charge in [0.15, 0.2) is 0 Å². The lowest BCUT2D eigenvalue weighted by Crippen LogP contribution is -2.40. The van der Waals surface area contributed by atoms with Gasteiger partial charge in [-0.3, -0.25) is 0 Å². The number of carboxylic acid groups (broad SMARTS) is 1. The third-order valence-corrected chi connectivity index (χ3v) is 4.94. The van der Waals surface area contributed by atoms with Gasteiger partial charge in [0, 0.05) is 5.57 Å². The van der Waals surface area contributed by atoms with Crippen LogP contribution in [0.2, 0.25) is 0 Å². The molecule has 19 heavy (non-hydrogen) atoms. The van der Waals surface area contributed by atoms with E-state index in [0.29, 0.717) is 11.5 Å². The summed E-state index contributed by atoms with van der Waals surface area (Å²) in [7, 11) is 0. The summed E-state index contributed by atoms with van der Waals surface area (Å²) in [5.74, 6) is 1.49. The monoisotopic (exact) mass is 266 g/mol. The molecule has 2 fully saturated rings. The largest absolute Gasteiger partial charge is 0.478 e. The van der Waals surface area contributed by atoms with Crippen molar-refractivity contribution < 1.29 is 14.6 Å². The van der Waals surface area contributed by atoms with Crippen LogP contribution in [0.3, 0.4) is 0 Å². The minimum absolute atomic E-state index is 0.148. The summed E-state index contributed by atoms with van der Waals surface area (Å²) in [4.78, 5) is 10.8. The summed E-state index contributed by atoms with van der Waals surface area (Å²) in [6, 6.07) is 0. The lowest BCUT2D eigenvalue weighted by atomic mass is 9.78. The maximum Gasteiger partial charge on any atom is 0.331 e. The van der Waals surface area contributed by atoms with E-state index in [-0.39, 0.29) is 11.7 Å². The molecule has 2 saturated carbocycles. The van der Waals surface area contributed by atoms with Crippen molar-refractivity contribution in [1.29, 1.82) is 0 Å². The van der Waals surface area contributed by atoms with Gasteiger partial charge in [0.1, 0.15) is 0 Å². The number of rotatable bonds is 5. The summed E-state index contributed by atoms with van der Waals surface area (Å²) in [6.45, 7) is 7.88. The highest BCUT2D eigenvalue weighted by Gasteiger charge is 2.47. The van der Waals surface area contributed by atoms with Gasteiger partial charge in [0.25, 0.3) is 0 Å². The number of hydrogen-bond donors (Lipinski definition) is 1. The van der Waals surface area contributed by atoms with E-state index in [0.717, 1.165) is 11.8 Å². The van der Waals surface area contributed by atoms with Crippen LogP contribution in [-0.4, -0.2) is 22.8 Å². The van der Waals surface area contributed by atoms with Gasteiger partial charge in [0.2, 0.25) is 0 Å². The average molecular weight is 266 g/mol. The molecule has 0 aliphatic heterocycles. The predicted molar refractivity (Wildman–Crippen MR) is 75.0 cm³/mol. The van der Waals surface area contributed by atoms with Crippen LogP contribution in [0.4, 0.5) is 0 Å². The van der Waals surface area contributed by atoms with E-state index >= 15 is 0 Å². The van der Waals surface area contributed by atoms with Crippen molar-refractivity contribution in [2.45, 2.75) is 65.1 Å². The minimum atomic E-state index is -0.867. The van der Waals surface area contributed by atoms with Crippen LogP contribution in [0.25, 0.3) is 0 Å². The fraction of sp³-hybridized carbons (Fsp3) is 0.812. The number of carbonyl (C=O) groups is 1. The average Bonchev–Trinajstić information content (AvgIpc) is 2.89.